The molecule has 0 spiro atoms. The summed E-state index contributed by atoms with van der Waals surface area (Å²) in [5.74, 6) is -0.0971. The summed E-state index contributed by atoms with van der Waals surface area (Å²) in [6.45, 7) is 4.56. The third-order valence-electron chi connectivity index (χ3n) is 3.77. The first-order chi connectivity index (χ1) is 12.4. The molecule has 0 aliphatic rings. The Hall–Kier alpha value is -2.70. The van der Waals surface area contributed by atoms with Gasteiger partial charge in [0.15, 0.2) is 0 Å². The fourth-order valence-corrected chi connectivity index (χ4v) is 2.72. The number of amides is 1. The van der Waals surface area contributed by atoms with Crippen molar-refractivity contribution in [3.8, 4) is 0 Å². The second kappa shape index (κ2) is 9.12. The molecule has 0 saturated heterocycles. The van der Waals surface area contributed by atoms with Crippen LogP contribution in [0.25, 0.3) is 0 Å². The van der Waals surface area contributed by atoms with Gasteiger partial charge in [0.05, 0.1) is 11.5 Å². The predicted molar refractivity (Wildman–Crippen MR) is 103 cm³/mol. The summed E-state index contributed by atoms with van der Waals surface area (Å²) in [6.07, 6.45) is 1.67. The van der Waals surface area contributed by atoms with Gasteiger partial charge >= 0.3 is 0 Å². The van der Waals surface area contributed by atoms with E-state index in [0.29, 0.717) is 23.7 Å². The number of halogens is 1. The van der Waals surface area contributed by atoms with E-state index in [2.05, 4.69) is 6.58 Å². The van der Waals surface area contributed by atoms with Gasteiger partial charge in [0.25, 0.3) is 5.69 Å². The number of anilines is 1. The van der Waals surface area contributed by atoms with E-state index in [0.717, 1.165) is 5.69 Å². The van der Waals surface area contributed by atoms with E-state index >= 15 is 0 Å². The molecule has 26 heavy (non-hydrogen) atoms. The molecule has 1 amide bonds. The predicted octanol–water partition coefficient (Wildman–Crippen LogP) is 3.90. The monoisotopic (exact) mass is 373 g/mol. The molecule has 0 heterocycles. The van der Waals surface area contributed by atoms with Crippen molar-refractivity contribution in [2.75, 3.05) is 25.0 Å². The zero-order valence-corrected chi connectivity index (χ0v) is 15.2. The highest BCUT2D eigenvalue weighted by Crippen LogP contribution is 2.23. The van der Waals surface area contributed by atoms with Gasteiger partial charge in [0, 0.05) is 35.9 Å². The molecule has 0 atom stereocenters. The zero-order valence-electron chi connectivity index (χ0n) is 14.5. The quantitative estimate of drug-likeness (QED) is 0.400. The van der Waals surface area contributed by atoms with Gasteiger partial charge < -0.3 is 4.90 Å². The molecule has 7 heteroatoms. The molecule has 0 aliphatic heterocycles. The minimum Gasteiger partial charge on any atom is -0.308 e. The van der Waals surface area contributed by atoms with Gasteiger partial charge in [-0.2, -0.15) is 0 Å². The summed E-state index contributed by atoms with van der Waals surface area (Å²) in [6, 6.07) is 13.6. The Labute approximate surface area is 157 Å². The van der Waals surface area contributed by atoms with Crippen molar-refractivity contribution in [1.29, 1.82) is 0 Å². The molecule has 0 saturated carbocycles. The fourth-order valence-electron chi connectivity index (χ4n) is 2.55. The maximum Gasteiger partial charge on any atom is 0.269 e. The van der Waals surface area contributed by atoms with E-state index < -0.39 is 4.92 Å². The maximum atomic E-state index is 12.7. The largest absolute Gasteiger partial charge is 0.308 e. The van der Waals surface area contributed by atoms with Gasteiger partial charge in [-0.3, -0.25) is 19.8 Å². The number of nitrogens with zero attached hydrogens (tertiary/aromatic N) is 3. The Balaban J connectivity index is 2.09. The summed E-state index contributed by atoms with van der Waals surface area (Å²) in [4.78, 5) is 26.6. The molecule has 0 N–H and O–H groups in total. The van der Waals surface area contributed by atoms with Crippen molar-refractivity contribution in [1.82, 2.24) is 4.90 Å². The number of likely N-dealkylation sites (N-methyl/N-ethyl adjacent to an activating group) is 1. The van der Waals surface area contributed by atoms with Crippen LogP contribution in [-0.4, -0.2) is 35.9 Å². The average Bonchev–Trinajstić information content (AvgIpc) is 2.61. The second-order valence-corrected chi connectivity index (χ2v) is 6.24. The zero-order chi connectivity index (χ0) is 19.1. The van der Waals surface area contributed by atoms with Crippen LogP contribution < -0.4 is 4.90 Å². The molecule has 2 aromatic rings. The van der Waals surface area contributed by atoms with Crippen LogP contribution in [0.3, 0.4) is 0 Å². The number of carbonyl (C=O) groups excluding carboxylic acids is 1. The SMILES string of the molecule is C=CCN(C(=O)CN(C)Cc1cc([N+](=O)[O-])ccc1Cl)c1ccccc1. The normalized spacial score (nSPS) is 10.6. The van der Waals surface area contributed by atoms with Crippen molar-refractivity contribution >= 4 is 28.9 Å². The number of benzene rings is 2. The van der Waals surface area contributed by atoms with Crippen LogP contribution in [0.1, 0.15) is 5.56 Å². The molecule has 6 nitrogen and oxygen atoms in total. The minimum absolute atomic E-state index is 0.0262. The van der Waals surface area contributed by atoms with Crippen LogP contribution >= 0.6 is 11.6 Å². The molecule has 2 aromatic carbocycles. The Morgan fingerprint density at radius 3 is 2.58 bits per heavy atom. The second-order valence-electron chi connectivity index (χ2n) is 5.83. The number of nitro groups is 1. The Morgan fingerprint density at radius 1 is 1.27 bits per heavy atom. The highest BCUT2D eigenvalue weighted by Gasteiger charge is 2.18. The summed E-state index contributed by atoms with van der Waals surface area (Å²) in [7, 11) is 1.77. The maximum absolute atomic E-state index is 12.7. The molecule has 0 aromatic heterocycles. The average molecular weight is 374 g/mol. The topological polar surface area (TPSA) is 66.7 Å². The number of para-hydroxylation sites is 1. The molecule has 0 fully saturated rings. The van der Waals surface area contributed by atoms with Gasteiger partial charge in [0.1, 0.15) is 0 Å². The summed E-state index contributed by atoms with van der Waals surface area (Å²) < 4.78 is 0. The van der Waals surface area contributed by atoms with Gasteiger partial charge in [0.2, 0.25) is 5.91 Å². The lowest BCUT2D eigenvalue weighted by molar-refractivity contribution is -0.384. The highest BCUT2D eigenvalue weighted by molar-refractivity contribution is 6.31. The van der Waals surface area contributed by atoms with E-state index in [4.69, 9.17) is 11.6 Å². The van der Waals surface area contributed by atoms with Gasteiger partial charge in [-0.05, 0) is 30.8 Å². The fraction of sp³-hybridized carbons (Fsp3) is 0.211. The number of non-ortho nitro benzene ring substituents is 1. The lowest BCUT2D eigenvalue weighted by atomic mass is 10.2. The third-order valence-corrected chi connectivity index (χ3v) is 4.13. The Kier molecular flexibility index (Phi) is 6.89. The van der Waals surface area contributed by atoms with Gasteiger partial charge in [-0.1, -0.05) is 35.9 Å². The van der Waals surface area contributed by atoms with Crippen LogP contribution in [-0.2, 0) is 11.3 Å². The smallest absolute Gasteiger partial charge is 0.269 e. The third kappa shape index (κ3) is 5.15. The summed E-state index contributed by atoms with van der Waals surface area (Å²) in [5.41, 5.74) is 1.37. The first-order valence-corrected chi connectivity index (χ1v) is 8.38. The van der Waals surface area contributed by atoms with Crippen LogP contribution in [0.4, 0.5) is 11.4 Å². The molecule has 0 bridgehead atoms. The number of rotatable bonds is 8. The van der Waals surface area contributed by atoms with Crippen molar-refractivity contribution in [3.05, 3.63) is 81.9 Å². The number of hydrogen-bond donors (Lipinski definition) is 0. The van der Waals surface area contributed by atoms with Crippen LogP contribution in [0.2, 0.25) is 5.02 Å². The molecule has 0 unspecified atom stereocenters. The van der Waals surface area contributed by atoms with Crippen molar-refractivity contribution in [2.45, 2.75) is 6.54 Å². The number of carbonyl (C=O) groups is 1. The first kappa shape index (κ1) is 19.6. The van der Waals surface area contributed by atoms with Crippen molar-refractivity contribution < 1.29 is 9.72 Å². The highest BCUT2D eigenvalue weighted by atomic mass is 35.5. The van der Waals surface area contributed by atoms with E-state index in [1.165, 1.54) is 18.2 Å². The minimum atomic E-state index is -0.466. The Morgan fingerprint density at radius 2 is 1.96 bits per heavy atom. The first-order valence-electron chi connectivity index (χ1n) is 8.00. The van der Waals surface area contributed by atoms with Crippen LogP contribution in [0.5, 0.6) is 0 Å². The van der Waals surface area contributed by atoms with E-state index in [9.17, 15) is 14.9 Å². The summed E-state index contributed by atoms with van der Waals surface area (Å²) in [5, 5.41) is 11.4. The number of nitro benzene ring substituents is 1. The van der Waals surface area contributed by atoms with Crippen LogP contribution in [0.15, 0.2) is 61.2 Å². The van der Waals surface area contributed by atoms with E-state index in [1.807, 2.05) is 30.3 Å². The lowest BCUT2D eigenvalue weighted by Gasteiger charge is -2.25. The Bertz CT molecular complexity index is 796. The van der Waals surface area contributed by atoms with Crippen molar-refractivity contribution in [3.63, 3.8) is 0 Å². The molecular weight excluding hydrogens is 354 g/mol. The van der Waals surface area contributed by atoms with E-state index in [-0.39, 0.29) is 18.1 Å². The molecule has 0 radical (unpaired) electrons. The van der Waals surface area contributed by atoms with Crippen LogP contribution in [0, 0.1) is 10.1 Å². The molecule has 2 rings (SSSR count). The molecule has 136 valence electrons. The summed E-state index contributed by atoms with van der Waals surface area (Å²) >= 11 is 6.13. The molecular formula is C19H20ClN3O3. The van der Waals surface area contributed by atoms with Crippen molar-refractivity contribution in [2.24, 2.45) is 0 Å². The van der Waals surface area contributed by atoms with Gasteiger partial charge in [-0.25, -0.2) is 0 Å². The number of hydrogen-bond acceptors (Lipinski definition) is 4. The van der Waals surface area contributed by atoms with E-state index in [1.54, 1.807) is 22.9 Å². The lowest BCUT2D eigenvalue weighted by Crippen LogP contribution is -2.39. The molecule has 0 aliphatic carbocycles. The van der Waals surface area contributed by atoms with Gasteiger partial charge in [-0.15, -0.1) is 6.58 Å². The standard InChI is InChI=1S/C19H20ClN3O3/c1-3-11-22(16-7-5-4-6-8-16)19(24)14-21(2)13-15-12-17(23(25)26)9-10-18(15)20/h3-10,12H,1,11,13-14H2,2H3.